The van der Waals surface area contributed by atoms with Gasteiger partial charge < -0.3 is 14.2 Å². The quantitative estimate of drug-likeness (QED) is 0.197. The Balaban J connectivity index is 1.57. The van der Waals surface area contributed by atoms with Crippen molar-refractivity contribution in [3.05, 3.63) is 124 Å². The lowest BCUT2D eigenvalue weighted by atomic mass is 9.96. The molecule has 1 aromatic heterocycles. The maximum Gasteiger partial charge on any atom is 0.338 e. The predicted octanol–water partition coefficient (Wildman–Crippen LogP) is 6.47. The fourth-order valence-electron chi connectivity index (χ4n) is 4.77. The maximum atomic E-state index is 14.0. The third kappa shape index (κ3) is 6.72. The van der Waals surface area contributed by atoms with Crippen LogP contribution in [-0.2, 0) is 16.1 Å². The Labute approximate surface area is 263 Å². The van der Waals surface area contributed by atoms with Gasteiger partial charge in [-0.1, -0.05) is 70.9 Å². The average Bonchev–Trinajstić information content (AvgIpc) is 3.26. The molecule has 0 saturated heterocycles. The Hall–Kier alpha value is -3.85. The lowest BCUT2D eigenvalue weighted by Crippen LogP contribution is -2.39. The van der Waals surface area contributed by atoms with Gasteiger partial charge in [0.05, 0.1) is 34.6 Å². The van der Waals surface area contributed by atoms with Crippen LogP contribution in [0.25, 0.3) is 6.08 Å². The molecule has 0 fully saturated rings. The van der Waals surface area contributed by atoms with Crippen LogP contribution in [0.15, 0.2) is 87.8 Å². The molecule has 222 valence electrons. The molecular weight excluding hydrogens is 607 g/mol. The van der Waals surface area contributed by atoms with Gasteiger partial charge in [-0.25, -0.2) is 9.79 Å². The van der Waals surface area contributed by atoms with Crippen LogP contribution in [0.2, 0.25) is 10.0 Å². The third-order valence-electron chi connectivity index (χ3n) is 6.69. The van der Waals surface area contributed by atoms with Gasteiger partial charge in [0.2, 0.25) is 0 Å². The van der Waals surface area contributed by atoms with Crippen molar-refractivity contribution in [2.75, 3.05) is 6.61 Å². The zero-order valence-corrected chi connectivity index (χ0v) is 26.4. The van der Waals surface area contributed by atoms with E-state index in [-0.39, 0.29) is 24.9 Å². The molecule has 0 amide bonds. The minimum Gasteiger partial charge on any atom is -0.491 e. The van der Waals surface area contributed by atoms with Crippen LogP contribution in [0.1, 0.15) is 50.4 Å². The van der Waals surface area contributed by atoms with Crippen molar-refractivity contribution >= 4 is 46.6 Å². The highest BCUT2D eigenvalue weighted by molar-refractivity contribution is 7.07. The van der Waals surface area contributed by atoms with E-state index in [1.165, 1.54) is 11.3 Å². The van der Waals surface area contributed by atoms with Crippen molar-refractivity contribution in [3.8, 4) is 11.5 Å². The molecule has 0 bridgehead atoms. The molecule has 0 unspecified atom stereocenters. The number of rotatable bonds is 9. The van der Waals surface area contributed by atoms with E-state index in [1.807, 2.05) is 68.4 Å². The molecule has 0 spiro atoms. The molecule has 1 atom stereocenters. The zero-order valence-electron chi connectivity index (χ0n) is 24.1. The summed E-state index contributed by atoms with van der Waals surface area (Å²) >= 11 is 13.6. The Morgan fingerprint density at radius 1 is 1.09 bits per heavy atom. The van der Waals surface area contributed by atoms with Gasteiger partial charge in [-0.15, -0.1) is 0 Å². The first-order valence-corrected chi connectivity index (χ1v) is 15.4. The van der Waals surface area contributed by atoms with E-state index in [9.17, 15) is 9.59 Å². The molecule has 3 aromatic carbocycles. The second-order valence-corrected chi connectivity index (χ2v) is 12.0. The van der Waals surface area contributed by atoms with Crippen molar-refractivity contribution in [2.24, 2.45) is 4.99 Å². The molecular formula is C33H30Cl2N2O5S. The molecule has 0 radical (unpaired) electrons. The van der Waals surface area contributed by atoms with Gasteiger partial charge in [-0.05, 0) is 69.7 Å². The van der Waals surface area contributed by atoms with Gasteiger partial charge in [0, 0.05) is 21.2 Å². The van der Waals surface area contributed by atoms with Gasteiger partial charge in [0.1, 0.15) is 18.1 Å². The van der Waals surface area contributed by atoms with E-state index in [0.717, 1.165) is 11.1 Å². The highest BCUT2D eigenvalue weighted by Crippen LogP contribution is 2.32. The van der Waals surface area contributed by atoms with Gasteiger partial charge in [-0.3, -0.25) is 9.36 Å². The summed E-state index contributed by atoms with van der Waals surface area (Å²) in [6.07, 6.45) is 1.79. The smallest absolute Gasteiger partial charge is 0.338 e. The number of hydrogen-bond acceptors (Lipinski definition) is 7. The second kappa shape index (κ2) is 13.2. The summed E-state index contributed by atoms with van der Waals surface area (Å²) in [4.78, 5) is 32.4. The first kappa shape index (κ1) is 30.6. The number of hydrogen-bond donors (Lipinski definition) is 0. The van der Waals surface area contributed by atoms with Crippen LogP contribution in [-0.4, -0.2) is 23.2 Å². The average molecular weight is 638 g/mol. The molecule has 10 heteroatoms. The largest absolute Gasteiger partial charge is 0.491 e. The van der Waals surface area contributed by atoms with Crippen LogP contribution < -0.4 is 24.4 Å². The molecule has 2 heterocycles. The first-order valence-electron chi connectivity index (χ1n) is 13.8. The minimum absolute atomic E-state index is 0.00999. The lowest BCUT2D eigenvalue weighted by Gasteiger charge is -2.25. The molecule has 1 aliphatic rings. The number of benzene rings is 3. The highest BCUT2D eigenvalue weighted by Gasteiger charge is 2.33. The molecule has 5 rings (SSSR count). The van der Waals surface area contributed by atoms with E-state index in [4.69, 9.17) is 37.4 Å². The number of carbonyl (C=O) groups excluding carboxylic acids is 1. The standard InChI is InChI=1S/C33H30Cl2N2O5S/c1-5-40-32(39)29-20(4)36-33-37(30(29)21-11-14-25(15-12-21)42-19(2)3)31(38)28(43-33)16-22-8-6-7-9-27(22)41-18-23-10-13-24(34)17-26(23)35/h6-17,19,30H,5,18H2,1-4H3/b28-16+/t30-/m1/s1. The molecule has 4 aromatic rings. The number of allylic oxidation sites excluding steroid dienone is 1. The van der Waals surface area contributed by atoms with Gasteiger partial charge in [0.15, 0.2) is 4.80 Å². The van der Waals surface area contributed by atoms with Crippen LogP contribution in [0.5, 0.6) is 11.5 Å². The summed E-state index contributed by atoms with van der Waals surface area (Å²) in [7, 11) is 0. The maximum absolute atomic E-state index is 14.0. The van der Waals surface area contributed by atoms with E-state index < -0.39 is 12.0 Å². The number of esters is 1. The Bertz CT molecular complexity index is 1880. The van der Waals surface area contributed by atoms with Gasteiger partial charge in [0.25, 0.3) is 5.56 Å². The minimum atomic E-state index is -0.718. The van der Waals surface area contributed by atoms with Gasteiger partial charge in [-0.2, -0.15) is 0 Å². The van der Waals surface area contributed by atoms with E-state index >= 15 is 0 Å². The number of halogens is 2. The molecule has 1 aliphatic heterocycles. The van der Waals surface area contributed by atoms with Crippen LogP contribution in [0.4, 0.5) is 0 Å². The Morgan fingerprint density at radius 2 is 1.84 bits per heavy atom. The van der Waals surface area contributed by atoms with Crippen molar-refractivity contribution in [2.45, 2.75) is 46.4 Å². The van der Waals surface area contributed by atoms with Crippen molar-refractivity contribution in [1.29, 1.82) is 0 Å². The van der Waals surface area contributed by atoms with Crippen LogP contribution in [0, 0.1) is 0 Å². The molecule has 43 heavy (non-hydrogen) atoms. The Kier molecular flexibility index (Phi) is 9.40. The number of carbonyl (C=O) groups is 1. The summed E-state index contributed by atoms with van der Waals surface area (Å²) in [6.45, 7) is 7.83. The molecule has 7 nitrogen and oxygen atoms in total. The monoisotopic (exact) mass is 636 g/mol. The summed E-state index contributed by atoms with van der Waals surface area (Å²) < 4.78 is 19.3. The van der Waals surface area contributed by atoms with Crippen LogP contribution >= 0.6 is 34.5 Å². The first-order chi connectivity index (χ1) is 20.7. The van der Waals surface area contributed by atoms with Crippen molar-refractivity contribution in [3.63, 3.8) is 0 Å². The lowest BCUT2D eigenvalue weighted by molar-refractivity contribution is -0.139. The van der Waals surface area contributed by atoms with E-state index in [1.54, 1.807) is 36.6 Å². The summed E-state index contributed by atoms with van der Waals surface area (Å²) in [5.74, 6) is 0.770. The highest BCUT2D eigenvalue weighted by atomic mass is 35.5. The summed E-state index contributed by atoms with van der Waals surface area (Å²) in [6, 6.07) is 19.4. The summed E-state index contributed by atoms with van der Waals surface area (Å²) in [5, 5.41) is 1.05. The third-order valence-corrected chi connectivity index (χ3v) is 8.26. The fourth-order valence-corrected chi connectivity index (χ4v) is 6.28. The SMILES string of the molecule is CCOC(=O)C1=C(C)N=c2s/c(=C/c3ccccc3OCc3ccc(Cl)cc3Cl)c(=O)n2[C@@H]1c1ccc(OC(C)C)cc1. The summed E-state index contributed by atoms with van der Waals surface area (Å²) in [5.41, 5.74) is 2.79. The number of fused-ring (bicyclic) bond motifs is 1. The van der Waals surface area contributed by atoms with Gasteiger partial charge >= 0.3 is 5.97 Å². The van der Waals surface area contributed by atoms with Crippen molar-refractivity contribution in [1.82, 2.24) is 4.57 Å². The number of ether oxygens (including phenoxy) is 3. The normalized spacial score (nSPS) is 14.9. The van der Waals surface area contributed by atoms with E-state index in [2.05, 4.69) is 4.99 Å². The predicted molar refractivity (Wildman–Crippen MR) is 170 cm³/mol. The number of aromatic nitrogens is 1. The number of nitrogens with zero attached hydrogens (tertiary/aromatic N) is 2. The molecule has 0 saturated carbocycles. The number of para-hydroxylation sites is 1. The van der Waals surface area contributed by atoms with Crippen molar-refractivity contribution < 1.29 is 19.0 Å². The fraction of sp³-hybridized carbons (Fsp3) is 0.242. The topological polar surface area (TPSA) is 79.1 Å². The van der Waals surface area contributed by atoms with E-state index in [0.29, 0.717) is 47.7 Å². The zero-order chi connectivity index (χ0) is 30.7. The molecule has 0 N–H and O–H groups in total. The molecule has 0 aliphatic carbocycles. The van der Waals surface area contributed by atoms with Crippen LogP contribution in [0.3, 0.4) is 0 Å². The Morgan fingerprint density at radius 3 is 2.53 bits per heavy atom. The second-order valence-electron chi connectivity index (χ2n) is 10.1. The number of thiazole rings is 1.